The van der Waals surface area contributed by atoms with Crippen LogP contribution in [0.5, 0.6) is 0 Å². The monoisotopic (exact) mass is 304 g/mol. The number of rotatable bonds is 2. The number of amides is 1. The quantitative estimate of drug-likeness (QED) is 0.844. The van der Waals surface area contributed by atoms with E-state index in [1.54, 1.807) is 11.3 Å². The Morgan fingerprint density at radius 3 is 3.00 bits per heavy atom. The minimum atomic E-state index is 0.112. The molecule has 1 aromatic rings. The first-order chi connectivity index (χ1) is 10.0. The molecule has 1 fully saturated rings. The zero-order valence-corrected chi connectivity index (χ0v) is 13.4. The highest BCUT2D eigenvalue weighted by Gasteiger charge is 2.30. The maximum absolute atomic E-state index is 12.7. The number of morpholine rings is 1. The second-order valence-corrected chi connectivity index (χ2v) is 6.80. The van der Waals surface area contributed by atoms with Crippen LogP contribution >= 0.6 is 11.3 Å². The Labute approximate surface area is 129 Å². The molecule has 21 heavy (non-hydrogen) atoms. The third kappa shape index (κ3) is 2.94. The zero-order chi connectivity index (χ0) is 15.0. The normalized spacial score (nSPS) is 25.8. The highest BCUT2D eigenvalue weighted by atomic mass is 32.1. The molecule has 112 valence electrons. The molecule has 5 heteroatoms. The molecule has 0 aromatic carbocycles. The molecule has 1 saturated heterocycles. The fourth-order valence-electron chi connectivity index (χ4n) is 2.72. The second kappa shape index (κ2) is 5.73. The van der Waals surface area contributed by atoms with Crippen LogP contribution in [0.3, 0.4) is 0 Å². The number of ether oxygens (including phenoxy) is 1. The lowest BCUT2D eigenvalue weighted by atomic mass is 10.1. The standard InChI is InChI=1S/C16H20N2O2S/c1-10-8-20-11(2)7-18(10)16(19)14-5-4-13(6-14)15-9-21-12(3)17-15/h4,6,9-11H,5,7-8H2,1-3H3. The number of carbonyl (C=O) groups excluding carboxylic acids is 1. The Morgan fingerprint density at radius 1 is 1.48 bits per heavy atom. The molecule has 1 aromatic heterocycles. The van der Waals surface area contributed by atoms with Crippen LogP contribution in [0.2, 0.25) is 0 Å². The molecule has 2 heterocycles. The van der Waals surface area contributed by atoms with Gasteiger partial charge in [0.15, 0.2) is 0 Å². The summed E-state index contributed by atoms with van der Waals surface area (Å²) in [6.07, 6.45) is 4.89. The van der Waals surface area contributed by atoms with Gasteiger partial charge in [0.05, 0.1) is 29.5 Å². The molecule has 4 nitrogen and oxygen atoms in total. The summed E-state index contributed by atoms with van der Waals surface area (Å²) >= 11 is 1.64. The van der Waals surface area contributed by atoms with Gasteiger partial charge in [0, 0.05) is 17.5 Å². The summed E-state index contributed by atoms with van der Waals surface area (Å²) in [6.45, 7) is 7.33. The van der Waals surface area contributed by atoms with Crippen LogP contribution < -0.4 is 0 Å². The van der Waals surface area contributed by atoms with Crippen LogP contribution in [0.1, 0.15) is 31.0 Å². The van der Waals surface area contributed by atoms with E-state index in [1.165, 1.54) is 0 Å². The van der Waals surface area contributed by atoms with E-state index in [-0.39, 0.29) is 18.1 Å². The predicted octanol–water partition coefficient (Wildman–Crippen LogP) is 2.80. The van der Waals surface area contributed by atoms with Gasteiger partial charge in [0.1, 0.15) is 0 Å². The van der Waals surface area contributed by atoms with Crippen molar-refractivity contribution in [3.8, 4) is 0 Å². The highest BCUT2D eigenvalue weighted by molar-refractivity contribution is 7.09. The van der Waals surface area contributed by atoms with E-state index in [4.69, 9.17) is 4.74 Å². The predicted molar refractivity (Wildman–Crippen MR) is 84.1 cm³/mol. The Hall–Kier alpha value is -1.46. The molecule has 2 aliphatic rings. The number of hydrogen-bond acceptors (Lipinski definition) is 4. The smallest absolute Gasteiger partial charge is 0.250 e. The molecule has 2 atom stereocenters. The van der Waals surface area contributed by atoms with Gasteiger partial charge in [0.25, 0.3) is 5.91 Å². The van der Waals surface area contributed by atoms with Crippen molar-refractivity contribution in [1.82, 2.24) is 9.88 Å². The van der Waals surface area contributed by atoms with Crippen molar-refractivity contribution in [3.05, 3.63) is 33.8 Å². The van der Waals surface area contributed by atoms with E-state index < -0.39 is 0 Å². The molecular formula is C16H20N2O2S. The Balaban J connectivity index is 1.75. The number of carbonyl (C=O) groups is 1. The van der Waals surface area contributed by atoms with E-state index in [9.17, 15) is 4.79 Å². The summed E-state index contributed by atoms with van der Waals surface area (Å²) in [7, 11) is 0. The summed E-state index contributed by atoms with van der Waals surface area (Å²) in [4.78, 5) is 19.1. The largest absolute Gasteiger partial charge is 0.375 e. The van der Waals surface area contributed by atoms with E-state index in [2.05, 4.69) is 11.1 Å². The molecule has 1 aliphatic heterocycles. The lowest BCUT2D eigenvalue weighted by Gasteiger charge is -2.37. The third-order valence-corrected chi connectivity index (χ3v) is 4.70. The van der Waals surface area contributed by atoms with Gasteiger partial charge in [-0.1, -0.05) is 6.08 Å². The van der Waals surface area contributed by atoms with E-state index >= 15 is 0 Å². The average Bonchev–Trinajstić information content (AvgIpc) is 3.09. The third-order valence-electron chi connectivity index (χ3n) is 3.93. The molecule has 0 spiro atoms. The molecule has 1 aliphatic carbocycles. The van der Waals surface area contributed by atoms with Gasteiger partial charge < -0.3 is 9.64 Å². The van der Waals surface area contributed by atoms with Crippen LogP contribution in [-0.2, 0) is 9.53 Å². The van der Waals surface area contributed by atoms with Crippen molar-refractivity contribution in [2.45, 2.75) is 39.3 Å². The summed E-state index contributed by atoms with van der Waals surface area (Å²) in [5.74, 6) is 0.135. The van der Waals surface area contributed by atoms with Gasteiger partial charge in [-0.15, -0.1) is 11.3 Å². The minimum absolute atomic E-state index is 0.112. The van der Waals surface area contributed by atoms with Gasteiger partial charge in [-0.3, -0.25) is 4.79 Å². The summed E-state index contributed by atoms with van der Waals surface area (Å²) < 4.78 is 5.59. The molecular weight excluding hydrogens is 284 g/mol. The molecule has 2 unspecified atom stereocenters. The maximum Gasteiger partial charge on any atom is 0.250 e. The number of thiazole rings is 1. The Kier molecular flexibility index (Phi) is 3.95. The first-order valence-corrected chi connectivity index (χ1v) is 8.18. The SMILES string of the molecule is Cc1nc(C2=CCC(C(=O)N3CC(C)OCC3C)=C2)cs1. The second-order valence-electron chi connectivity index (χ2n) is 5.74. The van der Waals surface area contributed by atoms with Gasteiger partial charge in [-0.25, -0.2) is 4.98 Å². The average molecular weight is 304 g/mol. The molecule has 1 amide bonds. The number of nitrogens with zero attached hydrogens (tertiary/aromatic N) is 2. The summed E-state index contributed by atoms with van der Waals surface area (Å²) in [6, 6.07) is 0.139. The molecule has 3 rings (SSSR count). The van der Waals surface area contributed by atoms with Gasteiger partial charge >= 0.3 is 0 Å². The van der Waals surface area contributed by atoms with Crippen molar-refractivity contribution >= 4 is 22.8 Å². The summed E-state index contributed by atoms with van der Waals surface area (Å²) in [5, 5.41) is 3.10. The lowest BCUT2D eigenvalue weighted by molar-refractivity contribution is -0.139. The minimum Gasteiger partial charge on any atom is -0.375 e. The number of aromatic nitrogens is 1. The topological polar surface area (TPSA) is 42.4 Å². The van der Waals surface area contributed by atoms with Crippen molar-refractivity contribution in [2.24, 2.45) is 0 Å². The van der Waals surface area contributed by atoms with Crippen LogP contribution in [0.15, 0.2) is 23.1 Å². The van der Waals surface area contributed by atoms with Crippen LogP contribution in [-0.4, -0.2) is 41.1 Å². The van der Waals surface area contributed by atoms with Crippen molar-refractivity contribution in [1.29, 1.82) is 0 Å². The molecule has 0 bridgehead atoms. The first kappa shape index (κ1) is 14.5. The van der Waals surface area contributed by atoms with Gasteiger partial charge in [0.2, 0.25) is 0 Å². The van der Waals surface area contributed by atoms with E-state index in [0.29, 0.717) is 19.6 Å². The number of allylic oxidation sites excluding steroid dienone is 3. The molecule has 0 N–H and O–H groups in total. The van der Waals surface area contributed by atoms with Crippen LogP contribution in [0, 0.1) is 6.92 Å². The van der Waals surface area contributed by atoms with Gasteiger partial charge in [-0.2, -0.15) is 0 Å². The zero-order valence-electron chi connectivity index (χ0n) is 12.6. The van der Waals surface area contributed by atoms with Crippen LogP contribution in [0.4, 0.5) is 0 Å². The fraction of sp³-hybridized carbons (Fsp3) is 0.500. The maximum atomic E-state index is 12.7. The lowest BCUT2D eigenvalue weighted by Crippen LogP contribution is -2.50. The Morgan fingerprint density at radius 2 is 2.29 bits per heavy atom. The summed E-state index contributed by atoms with van der Waals surface area (Å²) in [5.41, 5.74) is 2.90. The molecule has 0 radical (unpaired) electrons. The van der Waals surface area contributed by atoms with Gasteiger partial charge in [-0.05, 0) is 38.8 Å². The van der Waals surface area contributed by atoms with E-state index in [0.717, 1.165) is 21.8 Å². The van der Waals surface area contributed by atoms with Crippen molar-refractivity contribution < 1.29 is 9.53 Å². The molecule has 0 saturated carbocycles. The van der Waals surface area contributed by atoms with Crippen molar-refractivity contribution in [3.63, 3.8) is 0 Å². The highest BCUT2D eigenvalue weighted by Crippen LogP contribution is 2.29. The number of aryl methyl sites for hydroxylation is 1. The van der Waals surface area contributed by atoms with Crippen molar-refractivity contribution in [2.75, 3.05) is 13.2 Å². The number of hydrogen-bond donors (Lipinski definition) is 0. The fourth-order valence-corrected chi connectivity index (χ4v) is 3.34. The van der Waals surface area contributed by atoms with E-state index in [1.807, 2.05) is 37.1 Å². The Bertz CT molecular complexity index is 618. The first-order valence-electron chi connectivity index (χ1n) is 7.30. The van der Waals surface area contributed by atoms with Crippen LogP contribution in [0.25, 0.3) is 5.57 Å².